The average molecular weight is 225 g/mol. The van der Waals surface area contributed by atoms with Gasteiger partial charge in [-0.15, -0.1) is 11.3 Å². The first kappa shape index (κ1) is 9.97. The summed E-state index contributed by atoms with van der Waals surface area (Å²) in [7, 11) is 0. The topological polar surface area (TPSA) is 87.7 Å². The third-order valence-corrected chi connectivity index (χ3v) is 3.42. The van der Waals surface area contributed by atoms with Crippen molar-refractivity contribution in [1.82, 2.24) is 5.32 Å². The molecule has 0 fully saturated rings. The Bertz CT molecular complexity index is 413. The molecule has 2 rings (SSSR count). The molecule has 6 heteroatoms. The van der Waals surface area contributed by atoms with Crippen molar-refractivity contribution in [3.8, 4) is 0 Å². The van der Waals surface area contributed by atoms with Crippen LogP contribution in [-0.2, 0) is 0 Å². The molecule has 1 aliphatic carbocycles. The van der Waals surface area contributed by atoms with Crippen molar-refractivity contribution in [3.63, 3.8) is 0 Å². The SMILES string of the molecule is NC(=O)NC1CCC(=NO)c2sccc21. The lowest BCUT2D eigenvalue weighted by molar-refractivity contribution is 0.244. The van der Waals surface area contributed by atoms with Gasteiger partial charge in [-0.1, -0.05) is 5.16 Å². The zero-order valence-corrected chi connectivity index (χ0v) is 8.75. The number of thiophene rings is 1. The van der Waals surface area contributed by atoms with Gasteiger partial charge in [0.15, 0.2) is 0 Å². The van der Waals surface area contributed by atoms with Crippen molar-refractivity contribution in [3.05, 3.63) is 21.9 Å². The third kappa shape index (κ3) is 1.80. The van der Waals surface area contributed by atoms with E-state index in [2.05, 4.69) is 10.5 Å². The molecule has 0 spiro atoms. The largest absolute Gasteiger partial charge is 0.411 e. The van der Waals surface area contributed by atoms with E-state index in [0.717, 1.165) is 10.4 Å². The minimum Gasteiger partial charge on any atom is -0.411 e. The molecule has 1 heterocycles. The maximum atomic E-state index is 10.8. The normalized spacial score (nSPS) is 22.4. The number of carbonyl (C=O) groups excluding carboxylic acids is 1. The summed E-state index contributed by atoms with van der Waals surface area (Å²) in [5.41, 5.74) is 6.76. The minimum absolute atomic E-state index is 0.0609. The van der Waals surface area contributed by atoms with Crippen molar-refractivity contribution in [2.24, 2.45) is 10.9 Å². The number of nitrogens with two attached hydrogens (primary N) is 1. The van der Waals surface area contributed by atoms with Gasteiger partial charge in [0.1, 0.15) is 0 Å². The Kier molecular flexibility index (Phi) is 2.59. The molecule has 5 nitrogen and oxygen atoms in total. The second-order valence-electron chi connectivity index (χ2n) is 3.35. The van der Waals surface area contributed by atoms with Crippen LogP contribution >= 0.6 is 11.3 Å². The second-order valence-corrected chi connectivity index (χ2v) is 4.27. The van der Waals surface area contributed by atoms with Gasteiger partial charge in [0.05, 0.1) is 16.6 Å². The van der Waals surface area contributed by atoms with E-state index < -0.39 is 6.03 Å². The van der Waals surface area contributed by atoms with E-state index in [4.69, 9.17) is 10.9 Å². The summed E-state index contributed by atoms with van der Waals surface area (Å²) in [6.07, 6.45) is 1.36. The molecule has 0 bridgehead atoms. The van der Waals surface area contributed by atoms with E-state index in [0.29, 0.717) is 18.6 Å². The highest BCUT2D eigenvalue weighted by Gasteiger charge is 2.26. The number of nitrogens with one attached hydrogen (secondary N) is 1. The number of carbonyl (C=O) groups is 1. The number of fused-ring (bicyclic) bond motifs is 1. The van der Waals surface area contributed by atoms with Gasteiger partial charge in [-0.25, -0.2) is 4.79 Å². The Hall–Kier alpha value is -1.56. The Labute approximate surface area is 90.6 Å². The number of hydrogen-bond donors (Lipinski definition) is 3. The average Bonchev–Trinajstić information content (AvgIpc) is 2.66. The van der Waals surface area contributed by atoms with Crippen molar-refractivity contribution >= 4 is 23.1 Å². The molecule has 1 aromatic heterocycles. The van der Waals surface area contributed by atoms with Crippen LogP contribution in [0.5, 0.6) is 0 Å². The quantitative estimate of drug-likeness (QED) is 0.498. The number of amides is 2. The van der Waals surface area contributed by atoms with Gasteiger partial charge in [0, 0.05) is 0 Å². The van der Waals surface area contributed by atoms with Gasteiger partial charge in [-0.3, -0.25) is 0 Å². The van der Waals surface area contributed by atoms with Crippen LogP contribution in [0.2, 0.25) is 0 Å². The molecule has 0 saturated heterocycles. The lowest BCUT2D eigenvalue weighted by Crippen LogP contribution is -2.35. The minimum atomic E-state index is -0.526. The predicted molar refractivity (Wildman–Crippen MR) is 57.3 cm³/mol. The number of primary amides is 1. The first-order chi connectivity index (χ1) is 7.22. The van der Waals surface area contributed by atoms with Crippen molar-refractivity contribution in [2.75, 3.05) is 0 Å². The summed E-state index contributed by atoms with van der Waals surface area (Å²) in [6, 6.07) is 1.33. The zero-order valence-electron chi connectivity index (χ0n) is 7.93. The molecule has 2 amide bonds. The summed E-state index contributed by atoms with van der Waals surface area (Å²) in [4.78, 5) is 11.7. The Morgan fingerprint density at radius 1 is 1.73 bits per heavy atom. The van der Waals surface area contributed by atoms with E-state index in [1.54, 1.807) is 0 Å². The van der Waals surface area contributed by atoms with Gasteiger partial charge >= 0.3 is 6.03 Å². The maximum Gasteiger partial charge on any atom is 0.312 e. The number of hydrogen-bond acceptors (Lipinski definition) is 4. The van der Waals surface area contributed by atoms with Gasteiger partial charge in [-0.05, 0) is 29.9 Å². The van der Waals surface area contributed by atoms with E-state index in [1.807, 2.05) is 11.4 Å². The fraction of sp³-hybridized carbons (Fsp3) is 0.333. The van der Waals surface area contributed by atoms with E-state index in [9.17, 15) is 4.79 Å². The maximum absolute atomic E-state index is 10.8. The summed E-state index contributed by atoms with van der Waals surface area (Å²) in [5.74, 6) is 0. The standard InChI is InChI=1S/C9H11N3O2S/c10-9(13)11-6-1-2-7(12-14)8-5(6)3-4-15-8/h3-4,6,14H,1-2H2,(H3,10,11,13). The summed E-state index contributed by atoms with van der Waals surface area (Å²) in [6.45, 7) is 0. The van der Waals surface area contributed by atoms with Crippen LogP contribution in [0, 0.1) is 0 Å². The smallest absolute Gasteiger partial charge is 0.312 e. The van der Waals surface area contributed by atoms with Gasteiger partial charge < -0.3 is 16.3 Å². The van der Waals surface area contributed by atoms with Crippen molar-refractivity contribution in [1.29, 1.82) is 0 Å². The molecule has 0 aliphatic heterocycles. The van der Waals surface area contributed by atoms with Crippen molar-refractivity contribution < 1.29 is 10.0 Å². The lowest BCUT2D eigenvalue weighted by Gasteiger charge is -2.23. The van der Waals surface area contributed by atoms with Crippen LogP contribution < -0.4 is 11.1 Å². The molecule has 1 aliphatic rings. The van der Waals surface area contributed by atoms with Gasteiger partial charge in [-0.2, -0.15) is 0 Å². The van der Waals surface area contributed by atoms with Crippen LogP contribution in [0.1, 0.15) is 29.3 Å². The lowest BCUT2D eigenvalue weighted by atomic mass is 9.93. The van der Waals surface area contributed by atoms with E-state index in [1.165, 1.54) is 11.3 Å². The molecule has 1 unspecified atom stereocenters. The Morgan fingerprint density at radius 3 is 3.20 bits per heavy atom. The number of rotatable bonds is 1. The number of urea groups is 1. The van der Waals surface area contributed by atoms with Crippen LogP contribution in [0.4, 0.5) is 4.79 Å². The Balaban J connectivity index is 2.31. The molecule has 0 saturated carbocycles. The fourth-order valence-electron chi connectivity index (χ4n) is 1.80. The molecule has 0 radical (unpaired) electrons. The molecule has 4 N–H and O–H groups in total. The molecule has 1 atom stereocenters. The van der Waals surface area contributed by atoms with E-state index in [-0.39, 0.29) is 6.04 Å². The summed E-state index contributed by atoms with van der Waals surface area (Å²) in [5, 5.41) is 16.7. The van der Waals surface area contributed by atoms with Gasteiger partial charge in [0.2, 0.25) is 0 Å². The molecule has 80 valence electrons. The third-order valence-electron chi connectivity index (χ3n) is 2.44. The molecular formula is C9H11N3O2S. The highest BCUT2D eigenvalue weighted by atomic mass is 32.1. The summed E-state index contributed by atoms with van der Waals surface area (Å²) < 4.78 is 0. The highest BCUT2D eigenvalue weighted by molar-refractivity contribution is 7.12. The predicted octanol–water partition coefficient (Wildman–Crippen LogP) is 1.43. The molecule has 1 aromatic rings. The summed E-state index contributed by atoms with van der Waals surface area (Å²) >= 11 is 1.51. The fourth-order valence-corrected chi connectivity index (χ4v) is 2.77. The monoisotopic (exact) mass is 225 g/mol. The molecule has 15 heavy (non-hydrogen) atoms. The van der Waals surface area contributed by atoms with Crippen LogP contribution in [0.15, 0.2) is 16.6 Å². The van der Waals surface area contributed by atoms with Crippen LogP contribution in [0.3, 0.4) is 0 Å². The Morgan fingerprint density at radius 2 is 2.53 bits per heavy atom. The van der Waals surface area contributed by atoms with Gasteiger partial charge in [0.25, 0.3) is 0 Å². The number of oxime groups is 1. The molecule has 0 aromatic carbocycles. The zero-order chi connectivity index (χ0) is 10.8. The molecular weight excluding hydrogens is 214 g/mol. The van der Waals surface area contributed by atoms with Crippen LogP contribution in [0.25, 0.3) is 0 Å². The second kappa shape index (κ2) is 3.90. The van der Waals surface area contributed by atoms with Crippen molar-refractivity contribution in [2.45, 2.75) is 18.9 Å². The highest BCUT2D eigenvalue weighted by Crippen LogP contribution is 2.33. The first-order valence-corrected chi connectivity index (χ1v) is 5.45. The van der Waals surface area contributed by atoms with Crippen LogP contribution in [-0.4, -0.2) is 17.0 Å². The van der Waals surface area contributed by atoms with E-state index >= 15 is 0 Å². The number of nitrogens with zero attached hydrogens (tertiary/aromatic N) is 1. The first-order valence-electron chi connectivity index (χ1n) is 4.57.